The monoisotopic (exact) mass is 420 g/mol. The minimum absolute atomic E-state index is 0.149. The number of benzene rings is 3. The number of aromatic nitrogens is 1. The third kappa shape index (κ3) is 3.79. The van der Waals surface area contributed by atoms with Gasteiger partial charge in [-0.2, -0.15) is 0 Å². The number of amides is 1. The van der Waals surface area contributed by atoms with E-state index in [4.69, 9.17) is 9.47 Å². The fourth-order valence-corrected chi connectivity index (χ4v) is 5.17. The van der Waals surface area contributed by atoms with Gasteiger partial charge < -0.3 is 14.8 Å². The van der Waals surface area contributed by atoms with E-state index in [0.717, 1.165) is 15.4 Å². The van der Waals surface area contributed by atoms with E-state index in [0.29, 0.717) is 28.5 Å². The number of thioether (sulfide) groups is 1. The lowest BCUT2D eigenvalue weighted by Crippen LogP contribution is -2.14. The van der Waals surface area contributed by atoms with E-state index in [9.17, 15) is 4.79 Å². The maximum Gasteiger partial charge on any atom is 0.255 e. The first kappa shape index (κ1) is 18.0. The Hall–Kier alpha value is -3.03. The molecule has 5 rings (SSSR count). The molecule has 2 heterocycles. The van der Waals surface area contributed by atoms with E-state index in [-0.39, 0.29) is 12.7 Å². The molecule has 3 aromatic carbocycles. The van der Waals surface area contributed by atoms with Gasteiger partial charge >= 0.3 is 0 Å². The van der Waals surface area contributed by atoms with Crippen LogP contribution in [0, 0.1) is 0 Å². The smallest absolute Gasteiger partial charge is 0.255 e. The SMILES string of the molecule is O=C(Nc1ccc2c(c1)OCO2)c1ccccc1CSc1nc2ccccc2s1. The molecule has 1 aliphatic rings. The number of rotatable bonds is 5. The fraction of sp³-hybridized carbons (Fsp3) is 0.0909. The van der Waals surface area contributed by atoms with Crippen LogP contribution in [0.5, 0.6) is 11.5 Å². The molecule has 0 saturated heterocycles. The Bertz CT molecular complexity index is 1170. The highest BCUT2D eigenvalue weighted by Gasteiger charge is 2.16. The molecular weight excluding hydrogens is 404 g/mol. The Labute approximate surface area is 175 Å². The van der Waals surface area contributed by atoms with E-state index in [1.165, 1.54) is 4.70 Å². The standard InChI is InChI=1S/C22H16N2O3S2/c25-21(23-15-9-10-18-19(11-15)27-13-26-18)16-6-2-1-5-14(16)12-28-22-24-17-7-3-4-8-20(17)29-22/h1-11H,12-13H2,(H,23,25). The summed E-state index contributed by atoms with van der Waals surface area (Å²) in [5.41, 5.74) is 3.30. The summed E-state index contributed by atoms with van der Waals surface area (Å²) in [4.78, 5) is 17.5. The van der Waals surface area contributed by atoms with E-state index in [1.54, 1.807) is 35.2 Å². The Morgan fingerprint density at radius 3 is 2.79 bits per heavy atom. The topological polar surface area (TPSA) is 60.5 Å². The molecule has 1 aromatic heterocycles. The molecule has 1 amide bonds. The largest absolute Gasteiger partial charge is 0.454 e. The first-order chi connectivity index (χ1) is 14.3. The number of para-hydroxylation sites is 1. The lowest BCUT2D eigenvalue weighted by Gasteiger charge is -2.10. The zero-order valence-electron chi connectivity index (χ0n) is 15.3. The van der Waals surface area contributed by atoms with Crippen LogP contribution in [0.4, 0.5) is 5.69 Å². The van der Waals surface area contributed by atoms with E-state index >= 15 is 0 Å². The van der Waals surface area contributed by atoms with Crippen LogP contribution in [0.2, 0.25) is 0 Å². The summed E-state index contributed by atoms with van der Waals surface area (Å²) in [5, 5.41) is 2.95. The zero-order chi connectivity index (χ0) is 19.6. The normalized spacial score (nSPS) is 12.3. The lowest BCUT2D eigenvalue weighted by atomic mass is 10.1. The van der Waals surface area contributed by atoms with Crippen molar-refractivity contribution in [2.45, 2.75) is 10.1 Å². The minimum Gasteiger partial charge on any atom is -0.454 e. The molecule has 29 heavy (non-hydrogen) atoms. The Morgan fingerprint density at radius 2 is 1.86 bits per heavy atom. The van der Waals surface area contributed by atoms with Crippen LogP contribution in [0.3, 0.4) is 0 Å². The minimum atomic E-state index is -0.149. The molecule has 5 nitrogen and oxygen atoms in total. The second-order valence-corrected chi connectivity index (χ2v) is 8.67. The second kappa shape index (κ2) is 7.77. The average Bonchev–Trinajstić information content (AvgIpc) is 3.38. The van der Waals surface area contributed by atoms with Crippen LogP contribution in [0.15, 0.2) is 71.1 Å². The number of ether oxygens (including phenoxy) is 2. The number of carbonyl (C=O) groups is 1. The highest BCUT2D eigenvalue weighted by Crippen LogP contribution is 2.35. The first-order valence-electron chi connectivity index (χ1n) is 9.03. The van der Waals surface area contributed by atoms with Gasteiger partial charge in [-0.05, 0) is 35.9 Å². The number of nitrogens with zero attached hydrogens (tertiary/aromatic N) is 1. The van der Waals surface area contributed by atoms with Gasteiger partial charge in [0.1, 0.15) is 0 Å². The summed E-state index contributed by atoms with van der Waals surface area (Å²) in [5.74, 6) is 1.85. The van der Waals surface area contributed by atoms with Gasteiger partial charge in [-0.15, -0.1) is 11.3 Å². The van der Waals surface area contributed by atoms with Gasteiger partial charge in [0.05, 0.1) is 10.2 Å². The van der Waals surface area contributed by atoms with E-state index < -0.39 is 0 Å². The van der Waals surface area contributed by atoms with Gasteiger partial charge in [-0.3, -0.25) is 4.79 Å². The van der Waals surface area contributed by atoms with Crippen molar-refractivity contribution in [3.63, 3.8) is 0 Å². The van der Waals surface area contributed by atoms with Gasteiger partial charge in [0.2, 0.25) is 6.79 Å². The third-order valence-electron chi connectivity index (χ3n) is 4.52. The van der Waals surface area contributed by atoms with Crippen LogP contribution in [-0.4, -0.2) is 17.7 Å². The molecule has 7 heteroatoms. The molecular formula is C22H16N2O3S2. The van der Waals surface area contributed by atoms with Gasteiger partial charge in [0.15, 0.2) is 15.8 Å². The molecule has 0 atom stereocenters. The number of fused-ring (bicyclic) bond motifs is 2. The average molecular weight is 421 g/mol. The highest BCUT2D eigenvalue weighted by atomic mass is 32.2. The summed E-state index contributed by atoms with van der Waals surface area (Å²) in [6.07, 6.45) is 0. The molecule has 1 N–H and O–H groups in total. The zero-order valence-corrected chi connectivity index (χ0v) is 16.9. The Balaban J connectivity index is 1.32. The highest BCUT2D eigenvalue weighted by molar-refractivity contribution is 8.00. The third-order valence-corrected chi connectivity index (χ3v) is 6.75. The first-order valence-corrected chi connectivity index (χ1v) is 10.8. The summed E-state index contributed by atoms with van der Waals surface area (Å²) in [7, 11) is 0. The van der Waals surface area contributed by atoms with Gasteiger partial charge in [0.25, 0.3) is 5.91 Å². The van der Waals surface area contributed by atoms with E-state index in [2.05, 4.69) is 16.4 Å². The predicted molar refractivity (Wildman–Crippen MR) is 116 cm³/mol. The van der Waals surface area contributed by atoms with Crippen LogP contribution < -0.4 is 14.8 Å². The number of anilines is 1. The molecule has 0 spiro atoms. The van der Waals surface area contributed by atoms with Gasteiger partial charge in [-0.1, -0.05) is 42.1 Å². The second-order valence-electron chi connectivity index (χ2n) is 6.42. The molecule has 0 saturated carbocycles. The summed E-state index contributed by atoms with van der Waals surface area (Å²) >= 11 is 3.31. The van der Waals surface area contributed by atoms with Crippen LogP contribution >= 0.6 is 23.1 Å². The maximum atomic E-state index is 12.9. The van der Waals surface area contributed by atoms with Gasteiger partial charge in [-0.25, -0.2) is 4.98 Å². The van der Waals surface area contributed by atoms with Crippen molar-refractivity contribution in [2.24, 2.45) is 0 Å². The lowest BCUT2D eigenvalue weighted by molar-refractivity contribution is 0.102. The Morgan fingerprint density at radius 1 is 1.03 bits per heavy atom. The van der Waals surface area contributed by atoms with Crippen LogP contribution in [0.25, 0.3) is 10.2 Å². The predicted octanol–water partition coefficient (Wildman–Crippen LogP) is 5.57. The van der Waals surface area contributed by atoms with Crippen LogP contribution in [0.1, 0.15) is 15.9 Å². The van der Waals surface area contributed by atoms with Crippen molar-refractivity contribution in [1.29, 1.82) is 0 Å². The number of thiazole rings is 1. The number of nitrogens with one attached hydrogen (secondary N) is 1. The Kier molecular flexibility index (Phi) is 4.83. The molecule has 1 aliphatic heterocycles. The molecule has 0 bridgehead atoms. The maximum absolute atomic E-state index is 12.9. The van der Waals surface area contributed by atoms with Crippen molar-refractivity contribution in [1.82, 2.24) is 4.98 Å². The number of hydrogen-bond acceptors (Lipinski definition) is 6. The summed E-state index contributed by atoms with van der Waals surface area (Å²) in [6.45, 7) is 0.207. The summed E-state index contributed by atoms with van der Waals surface area (Å²) in [6, 6.07) is 21.1. The van der Waals surface area contributed by atoms with Crippen molar-refractivity contribution in [2.75, 3.05) is 12.1 Å². The molecule has 4 aromatic rings. The number of hydrogen-bond donors (Lipinski definition) is 1. The van der Waals surface area contributed by atoms with Crippen molar-refractivity contribution < 1.29 is 14.3 Å². The van der Waals surface area contributed by atoms with Gasteiger partial charge in [0, 0.05) is 23.1 Å². The van der Waals surface area contributed by atoms with Crippen molar-refractivity contribution >= 4 is 44.9 Å². The van der Waals surface area contributed by atoms with Crippen LogP contribution in [-0.2, 0) is 5.75 Å². The molecule has 0 aliphatic carbocycles. The quantitative estimate of drug-likeness (QED) is 0.428. The molecule has 0 fully saturated rings. The van der Waals surface area contributed by atoms with E-state index in [1.807, 2.05) is 48.5 Å². The molecule has 0 unspecified atom stereocenters. The molecule has 144 valence electrons. The summed E-state index contributed by atoms with van der Waals surface area (Å²) < 4.78 is 12.9. The van der Waals surface area contributed by atoms with Crippen molar-refractivity contribution in [3.8, 4) is 11.5 Å². The van der Waals surface area contributed by atoms with Crippen molar-refractivity contribution in [3.05, 3.63) is 77.9 Å². The molecule has 0 radical (unpaired) electrons. The fourth-order valence-electron chi connectivity index (χ4n) is 3.09. The number of carbonyl (C=O) groups excluding carboxylic acids is 1.